The van der Waals surface area contributed by atoms with Crippen molar-refractivity contribution in [3.05, 3.63) is 66.0 Å². The highest BCUT2D eigenvalue weighted by Gasteiger charge is 2.05. The van der Waals surface area contributed by atoms with Gasteiger partial charge >= 0.3 is 0 Å². The van der Waals surface area contributed by atoms with E-state index >= 15 is 0 Å². The number of ether oxygens (including phenoxy) is 1. The highest BCUT2D eigenvalue weighted by molar-refractivity contribution is 5.24. The molecule has 0 heterocycles. The predicted molar refractivity (Wildman–Crippen MR) is 61.9 cm³/mol. The first kappa shape index (κ1) is 10.7. The fourth-order valence-corrected chi connectivity index (χ4v) is 1.51. The van der Waals surface area contributed by atoms with E-state index in [4.69, 9.17) is 4.74 Å². The van der Waals surface area contributed by atoms with E-state index in [-0.39, 0.29) is 11.9 Å². The van der Waals surface area contributed by atoms with E-state index in [9.17, 15) is 4.39 Å². The number of rotatable bonds is 3. The van der Waals surface area contributed by atoms with Gasteiger partial charge in [0, 0.05) is 0 Å². The predicted octanol–water partition coefficient (Wildman–Crippen LogP) is 3.97. The molecule has 0 saturated heterocycles. The summed E-state index contributed by atoms with van der Waals surface area (Å²) in [5.41, 5.74) is 1.10. The van der Waals surface area contributed by atoms with Crippen LogP contribution in [0.3, 0.4) is 0 Å². The van der Waals surface area contributed by atoms with Crippen LogP contribution in [0.1, 0.15) is 18.6 Å². The van der Waals surface area contributed by atoms with E-state index in [0.29, 0.717) is 5.75 Å². The van der Waals surface area contributed by atoms with Crippen LogP contribution < -0.4 is 4.74 Å². The standard InChI is InChI=1S/C14H13FO/c1-11(12-5-3-2-4-6-12)16-14-9-7-13(15)8-10-14/h2-11H,1H3/t11-/m0/s1. The molecule has 0 aromatic heterocycles. The van der Waals surface area contributed by atoms with Crippen LogP contribution in [0.25, 0.3) is 0 Å². The number of benzene rings is 2. The zero-order chi connectivity index (χ0) is 11.4. The molecule has 1 nitrogen and oxygen atoms in total. The fraction of sp³-hybridized carbons (Fsp3) is 0.143. The Bertz CT molecular complexity index is 436. The van der Waals surface area contributed by atoms with Gasteiger partial charge in [-0.1, -0.05) is 30.3 Å². The molecule has 0 aliphatic heterocycles. The van der Waals surface area contributed by atoms with Crippen molar-refractivity contribution in [3.8, 4) is 5.75 Å². The molecule has 0 saturated carbocycles. The van der Waals surface area contributed by atoms with Gasteiger partial charge < -0.3 is 4.74 Å². The van der Waals surface area contributed by atoms with Crippen LogP contribution >= 0.6 is 0 Å². The summed E-state index contributed by atoms with van der Waals surface area (Å²) in [6.45, 7) is 1.97. The van der Waals surface area contributed by atoms with E-state index in [1.807, 2.05) is 37.3 Å². The Morgan fingerprint density at radius 2 is 1.56 bits per heavy atom. The average molecular weight is 216 g/mol. The van der Waals surface area contributed by atoms with Gasteiger partial charge in [0.15, 0.2) is 0 Å². The molecule has 1 atom stereocenters. The maximum atomic E-state index is 12.7. The van der Waals surface area contributed by atoms with Crippen LogP contribution in [-0.4, -0.2) is 0 Å². The largest absolute Gasteiger partial charge is 0.486 e. The first-order valence-corrected chi connectivity index (χ1v) is 5.23. The van der Waals surface area contributed by atoms with Crippen molar-refractivity contribution >= 4 is 0 Å². The van der Waals surface area contributed by atoms with Crippen LogP contribution in [0.15, 0.2) is 54.6 Å². The molecule has 2 aromatic rings. The van der Waals surface area contributed by atoms with Crippen molar-refractivity contribution in [2.45, 2.75) is 13.0 Å². The van der Waals surface area contributed by atoms with E-state index in [1.165, 1.54) is 12.1 Å². The van der Waals surface area contributed by atoms with Gasteiger partial charge in [-0.05, 0) is 36.8 Å². The van der Waals surface area contributed by atoms with Gasteiger partial charge in [-0.15, -0.1) is 0 Å². The summed E-state index contributed by atoms with van der Waals surface area (Å²) in [5, 5.41) is 0. The Balaban J connectivity index is 2.08. The Hall–Kier alpha value is -1.83. The lowest BCUT2D eigenvalue weighted by molar-refractivity contribution is 0.226. The summed E-state index contributed by atoms with van der Waals surface area (Å²) in [6.07, 6.45) is -0.0355. The van der Waals surface area contributed by atoms with Crippen molar-refractivity contribution in [3.63, 3.8) is 0 Å². The van der Waals surface area contributed by atoms with Gasteiger partial charge in [-0.3, -0.25) is 0 Å². The van der Waals surface area contributed by atoms with Crippen LogP contribution in [0.2, 0.25) is 0 Å². The number of hydrogen-bond acceptors (Lipinski definition) is 1. The first-order chi connectivity index (χ1) is 7.75. The molecular formula is C14H13FO. The molecule has 0 aliphatic rings. The minimum absolute atomic E-state index is 0.0355. The minimum atomic E-state index is -0.250. The Morgan fingerprint density at radius 3 is 2.19 bits per heavy atom. The Morgan fingerprint density at radius 1 is 0.938 bits per heavy atom. The third kappa shape index (κ3) is 2.60. The maximum absolute atomic E-state index is 12.7. The zero-order valence-electron chi connectivity index (χ0n) is 9.06. The highest BCUT2D eigenvalue weighted by Crippen LogP contribution is 2.21. The Kier molecular flexibility index (Phi) is 3.20. The van der Waals surface area contributed by atoms with Crippen molar-refractivity contribution in [2.75, 3.05) is 0 Å². The monoisotopic (exact) mass is 216 g/mol. The molecule has 2 heteroatoms. The lowest BCUT2D eigenvalue weighted by Gasteiger charge is -2.14. The van der Waals surface area contributed by atoms with E-state index in [2.05, 4.69) is 0 Å². The molecule has 0 radical (unpaired) electrons. The quantitative estimate of drug-likeness (QED) is 0.754. The normalized spacial score (nSPS) is 12.1. The third-order valence-electron chi connectivity index (χ3n) is 2.40. The van der Waals surface area contributed by atoms with Crippen LogP contribution in [0, 0.1) is 5.82 Å². The molecular weight excluding hydrogens is 203 g/mol. The molecule has 82 valence electrons. The molecule has 0 fully saturated rings. The van der Waals surface area contributed by atoms with Gasteiger partial charge in [-0.25, -0.2) is 4.39 Å². The third-order valence-corrected chi connectivity index (χ3v) is 2.40. The highest BCUT2D eigenvalue weighted by atomic mass is 19.1. The molecule has 0 unspecified atom stereocenters. The molecule has 0 aliphatic carbocycles. The first-order valence-electron chi connectivity index (χ1n) is 5.23. The van der Waals surface area contributed by atoms with E-state index < -0.39 is 0 Å². The molecule has 0 bridgehead atoms. The lowest BCUT2D eigenvalue weighted by Crippen LogP contribution is -2.02. The molecule has 16 heavy (non-hydrogen) atoms. The van der Waals surface area contributed by atoms with Gasteiger partial charge in [0.1, 0.15) is 17.7 Å². The van der Waals surface area contributed by atoms with Crippen molar-refractivity contribution in [2.24, 2.45) is 0 Å². The number of halogens is 1. The Labute approximate surface area is 94.5 Å². The van der Waals surface area contributed by atoms with Crippen LogP contribution in [0.5, 0.6) is 5.75 Å². The summed E-state index contributed by atoms with van der Waals surface area (Å²) in [5.74, 6) is 0.428. The SMILES string of the molecule is C[C@H](Oc1ccc(F)cc1)c1ccccc1. The minimum Gasteiger partial charge on any atom is -0.486 e. The smallest absolute Gasteiger partial charge is 0.123 e. The molecule has 2 rings (SSSR count). The summed E-state index contributed by atoms with van der Waals surface area (Å²) in [6, 6.07) is 16.0. The summed E-state index contributed by atoms with van der Waals surface area (Å²) >= 11 is 0. The zero-order valence-corrected chi connectivity index (χ0v) is 9.06. The van der Waals surface area contributed by atoms with Crippen molar-refractivity contribution in [1.29, 1.82) is 0 Å². The van der Waals surface area contributed by atoms with E-state index in [0.717, 1.165) is 5.56 Å². The maximum Gasteiger partial charge on any atom is 0.123 e. The van der Waals surface area contributed by atoms with Crippen molar-refractivity contribution < 1.29 is 9.13 Å². The van der Waals surface area contributed by atoms with Gasteiger partial charge in [0.05, 0.1) is 0 Å². The summed E-state index contributed by atoms with van der Waals surface area (Å²) in [4.78, 5) is 0. The topological polar surface area (TPSA) is 9.23 Å². The van der Waals surface area contributed by atoms with Crippen LogP contribution in [0.4, 0.5) is 4.39 Å². The van der Waals surface area contributed by atoms with Crippen LogP contribution in [-0.2, 0) is 0 Å². The summed E-state index contributed by atoms with van der Waals surface area (Å²) in [7, 11) is 0. The lowest BCUT2D eigenvalue weighted by atomic mass is 10.1. The van der Waals surface area contributed by atoms with E-state index in [1.54, 1.807) is 12.1 Å². The molecule has 0 N–H and O–H groups in total. The second-order valence-corrected chi connectivity index (χ2v) is 3.62. The van der Waals surface area contributed by atoms with Gasteiger partial charge in [-0.2, -0.15) is 0 Å². The van der Waals surface area contributed by atoms with Gasteiger partial charge in [0.25, 0.3) is 0 Å². The average Bonchev–Trinajstić information content (AvgIpc) is 2.33. The second kappa shape index (κ2) is 4.79. The van der Waals surface area contributed by atoms with Gasteiger partial charge in [0.2, 0.25) is 0 Å². The molecule has 0 spiro atoms. The number of hydrogen-bond donors (Lipinski definition) is 0. The second-order valence-electron chi connectivity index (χ2n) is 3.62. The fourth-order valence-electron chi connectivity index (χ4n) is 1.51. The summed E-state index contributed by atoms with van der Waals surface area (Å²) < 4.78 is 18.4. The molecule has 2 aromatic carbocycles. The van der Waals surface area contributed by atoms with Crippen molar-refractivity contribution in [1.82, 2.24) is 0 Å². The molecule has 0 amide bonds.